The molecular formula is C17H22N4O3. The van der Waals surface area contributed by atoms with E-state index in [4.69, 9.17) is 4.42 Å². The molecule has 3 aromatic heterocycles. The Labute approximate surface area is 139 Å². The largest absolute Gasteiger partial charge is 0.459 e. The number of aromatic nitrogens is 3. The van der Waals surface area contributed by atoms with E-state index < -0.39 is 0 Å². The Morgan fingerprint density at radius 3 is 2.67 bits per heavy atom. The monoisotopic (exact) mass is 330 g/mol. The fourth-order valence-corrected chi connectivity index (χ4v) is 3.02. The van der Waals surface area contributed by atoms with E-state index in [1.807, 2.05) is 45.3 Å². The number of nitrogens with one attached hydrogen (secondary N) is 1. The van der Waals surface area contributed by atoms with Gasteiger partial charge in [0.15, 0.2) is 5.58 Å². The van der Waals surface area contributed by atoms with Gasteiger partial charge in [-0.3, -0.25) is 9.59 Å². The van der Waals surface area contributed by atoms with Crippen LogP contribution in [0.2, 0.25) is 0 Å². The zero-order chi connectivity index (χ0) is 17.6. The van der Waals surface area contributed by atoms with Gasteiger partial charge in [-0.1, -0.05) is 0 Å². The van der Waals surface area contributed by atoms with Crippen LogP contribution < -0.4 is 10.9 Å². The first kappa shape index (κ1) is 16.3. The maximum atomic E-state index is 12.9. The molecule has 128 valence electrons. The van der Waals surface area contributed by atoms with Gasteiger partial charge in [0.25, 0.3) is 5.56 Å². The zero-order valence-electron chi connectivity index (χ0n) is 14.6. The van der Waals surface area contributed by atoms with Crippen LogP contribution in [0.25, 0.3) is 22.0 Å². The van der Waals surface area contributed by atoms with Crippen molar-refractivity contribution < 1.29 is 9.21 Å². The summed E-state index contributed by atoms with van der Waals surface area (Å²) in [5.41, 5.74) is 1.77. The number of rotatable bonds is 4. The number of furan rings is 1. The summed E-state index contributed by atoms with van der Waals surface area (Å²) in [4.78, 5) is 24.8. The first-order valence-corrected chi connectivity index (χ1v) is 8.09. The zero-order valence-corrected chi connectivity index (χ0v) is 14.6. The van der Waals surface area contributed by atoms with Crippen LogP contribution in [0.4, 0.5) is 0 Å². The lowest BCUT2D eigenvalue weighted by molar-refractivity contribution is -0.122. The highest BCUT2D eigenvalue weighted by molar-refractivity contribution is 6.04. The molecule has 0 saturated heterocycles. The second-order valence-corrected chi connectivity index (χ2v) is 6.63. The Morgan fingerprint density at radius 2 is 2.04 bits per heavy atom. The summed E-state index contributed by atoms with van der Waals surface area (Å²) in [7, 11) is 0. The maximum Gasteiger partial charge on any atom is 0.291 e. The van der Waals surface area contributed by atoms with Crippen LogP contribution in [0.3, 0.4) is 0 Å². The minimum atomic E-state index is -0.288. The van der Waals surface area contributed by atoms with E-state index >= 15 is 0 Å². The molecule has 7 nitrogen and oxygen atoms in total. The molecule has 0 unspecified atom stereocenters. The fraction of sp³-hybridized carbons (Fsp3) is 0.471. The van der Waals surface area contributed by atoms with Gasteiger partial charge in [0.2, 0.25) is 5.91 Å². The number of hydrogen-bond donors (Lipinski definition) is 1. The molecule has 0 spiro atoms. The summed E-state index contributed by atoms with van der Waals surface area (Å²) in [5.74, 6) is 0.554. The lowest BCUT2D eigenvalue weighted by atomic mass is 10.3. The third-order valence-electron chi connectivity index (χ3n) is 3.86. The van der Waals surface area contributed by atoms with Crippen molar-refractivity contribution in [1.29, 1.82) is 0 Å². The number of carbonyl (C=O) groups excluding carboxylic acids is 1. The minimum Gasteiger partial charge on any atom is -0.459 e. The summed E-state index contributed by atoms with van der Waals surface area (Å²) in [6.45, 7) is 9.54. The summed E-state index contributed by atoms with van der Waals surface area (Å²) >= 11 is 0. The number of nitrogens with zero attached hydrogens (tertiary/aromatic N) is 3. The van der Waals surface area contributed by atoms with Crippen LogP contribution in [0.15, 0.2) is 21.5 Å². The summed E-state index contributed by atoms with van der Waals surface area (Å²) in [5, 5.41) is 7.60. The molecule has 1 N–H and O–H groups in total. The van der Waals surface area contributed by atoms with Crippen molar-refractivity contribution in [2.45, 2.75) is 53.2 Å². The topological polar surface area (TPSA) is 82.1 Å². The smallest absolute Gasteiger partial charge is 0.291 e. The van der Waals surface area contributed by atoms with Gasteiger partial charge >= 0.3 is 0 Å². The van der Waals surface area contributed by atoms with Crippen LogP contribution in [0, 0.1) is 6.92 Å². The molecule has 0 aliphatic rings. The van der Waals surface area contributed by atoms with Gasteiger partial charge in [-0.25, -0.2) is 4.68 Å². The van der Waals surface area contributed by atoms with Crippen molar-refractivity contribution in [3.8, 4) is 0 Å². The highest BCUT2D eigenvalue weighted by Gasteiger charge is 2.21. The van der Waals surface area contributed by atoms with E-state index in [0.29, 0.717) is 16.5 Å². The van der Waals surface area contributed by atoms with Crippen LogP contribution in [0.1, 0.15) is 39.5 Å². The normalized spacial score (nSPS) is 12.0. The second kappa shape index (κ2) is 5.81. The van der Waals surface area contributed by atoms with Gasteiger partial charge in [-0.2, -0.15) is 5.10 Å². The average molecular weight is 330 g/mol. The first-order chi connectivity index (χ1) is 11.3. The van der Waals surface area contributed by atoms with Gasteiger partial charge in [0, 0.05) is 18.2 Å². The number of amides is 1. The number of carbonyl (C=O) groups is 1. The Bertz CT molecular complexity index is 975. The van der Waals surface area contributed by atoms with Crippen molar-refractivity contribution in [2.75, 3.05) is 0 Å². The summed E-state index contributed by atoms with van der Waals surface area (Å²) in [6.07, 6.45) is 1.60. The van der Waals surface area contributed by atoms with E-state index in [2.05, 4.69) is 10.4 Å². The number of hydrogen-bond acceptors (Lipinski definition) is 4. The second-order valence-electron chi connectivity index (χ2n) is 6.63. The minimum absolute atomic E-state index is 0.0155. The first-order valence-electron chi connectivity index (χ1n) is 8.09. The molecule has 24 heavy (non-hydrogen) atoms. The van der Waals surface area contributed by atoms with Gasteiger partial charge in [0.05, 0.1) is 17.1 Å². The van der Waals surface area contributed by atoms with Crippen molar-refractivity contribution in [2.24, 2.45) is 0 Å². The summed E-state index contributed by atoms with van der Waals surface area (Å²) in [6, 6.07) is 2.02. The quantitative estimate of drug-likeness (QED) is 0.796. The van der Waals surface area contributed by atoms with Crippen LogP contribution in [0.5, 0.6) is 0 Å². The molecular weight excluding hydrogens is 308 g/mol. The van der Waals surface area contributed by atoms with Crippen molar-refractivity contribution in [3.63, 3.8) is 0 Å². The maximum absolute atomic E-state index is 12.9. The third-order valence-corrected chi connectivity index (χ3v) is 3.86. The molecule has 7 heteroatoms. The van der Waals surface area contributed by atoms with Gasteiger partial charge in [-0.15, -0.1) is 0 Å². The molecule has 1 amide bonds. The van der Waals surface area contributed by atoms with Gasteiger partial charge < -0.3 is 14.3 Å². The van der Waals surface area contributed by atoms with E-state index in [1.54, 1.807) is 6.20 Å². The Morgan fingerprint density at radius 1 is 1.33 bits per heavy atom. The van der Waals surface area contributed by atoms with Gasteiger partial charge in [-0.05, 0) is 34.6 Å². The van der Waals surface area contributed by atoms with Crippen molar-refractivity contribution >= 4 is 27.9 Å². The summed E-state index contributed by atoms with van der Waals surface area (Å²) < 4.78 is 8.90. The highest BCUT2D eigenvalue weighted by atomic mass is 16.3. The van der Waals surface area contributed by atoms with Crippen LogP contribution >= 0.6 is 0 Å². The van der Waals surface area contributed by atoms with Gasteiger partial charge in [0.1, 0.15) is 17.8 Å². The molecule has 0 bridgehead atoms. The van der Waals surface area contributed by atoms with E-state index in [9.17, 15) is 9.59 Å². The number of aryl methyl sites for hydroxylation is 1. The predicted octanol–water partition coefficient (Wildman–Crippen LogP) is 2.36. The molecule has 0 radical (unpaired) electrons. The Kier molecular flexibility index (Phi) is 3.95. The molecule has 0 aliphatic carbocycles. The van der Waals surface area contributed by atoms with Crippen LogP contribution in [-0.4, -0.2) is 26.3 Å². The third kappa shape index (κ3) is 2.60. The number of fused-ring (bicyclic) bond motifs is 3. The lowest BCUT2D eigenvalue weighted by Crippen LogP contribution is -2.37. The lowest BCUT2D eigenvalue weighted by Gasteiger charge is -2.12. The standard InChI is InChI=1S/C17H22N4O3/c1-9(2)19-14(22)8-20-17(23)15-12(7-18-20)16-13(6-11(5)24-16)21(15)10(3)4/h6-7,9-10H,8H2,1-5H3,(H,19,22). The van der Waals surface area contributed by atoms with Crippen molar-refractivity contribution in [3.05, 3.63) is 28.4 Å². The van der Waals surface area contributed by atoms with E-state index in [-0.39, 0.29) is 30.1 Å². The van der Waals surface area contributed by atoms with E-state index in [1.165, 1.54) is 4.68 Å². The molecule has 0 aliphatic heterocycles. The average Bonchev–Trinajstić information content (AvgIpc) is 2.96. The predicted molar refractivity (Wildman–Crippen MR) is 92.2 cm³/mol. The van der Waals surface area contributed by atoms with Crippen molar-refractivity contribution in [1.82, 2.24) is 19.7 Å². The SMILES string of the molecule is Cc1cc2c(o1)c1cnn(CC(=O)NC(C)C)c(=O)c1n2C(C)C. The Balaban J connectivity index is 2.19. The molecule has 3 aromatic rings. The molecule has 0 saturated carbocycles. The molecule has 0 atom stereocenters. The highest BCUT2D eigenvalue weighted by Crippen LogP contribution is 2.31. The molecule has 3 rings (SSSR count). The molecule has 0 aromatic carbocycles. The molecule has 0 fully saturated rings. The molecule has 3 heterocycles. The van der Waals surface area contributed by atoms with Crippen LogP contribution in [-0.2, 0) is 11.3 Å². The Hall–Kier alpha value is -2.57. The van der Waals surface area contributed by atoms with E-state index in [0.717, 1.165) is 11.3 Å². The fourth-order valence-electron chi connectivity index (χ4n) is 3.02.